The second kappa shape index (κ2) is 7.47. The molecule has 5 nitrogen and oxygen atoms in total. The highest BCUT2D eigenvalue weighted by molar-refractivity contribution is 9.10. The van der Waals surface area contributed by atoms with E-state index in [1.165, 1.54) is 0 Å². The van der Waals surface area contributed by atoms with Crippen LogP contribution in [0, 0.1) is 12.8 Å². The average Bonchev–Trinajstić information content (AvgIpc) is 3.12. The van der Waals surface area contributed by atoms with Crippen LogP contribution in [0.1, 0.15) is 17.0 Å². The number of hydrogen-bond donors (Lipinski definition) is 2. The maximum atomic E-state index is 12.7. The molecular formula is C16H20BrClN4O. The third kappa shape index (κ3) is 3.76. The fourth-order valence-electron chi connectivity index (χ4n) is 2.90. The van der Waals surface area contributed by atoms with Crippen molar-refractivity contribution in [2.24, 2.45) is 13.0 Å². The van der Waals surface area contributed by atoms with Crippen LogP contribution in [-0.2, 0) is 11.8 Å². The van der Waals surface area contributed by atoms with Crippen molar-refractivity contribution in [3.8, 4) is 0 Å². The lowest BCUT2D eigenvalue weighted by Gasteiger charge is -2.18. The molecule has 1 aliphatic heterocycles. The van der Waals surface area contributed by atoms with Gasteiger partial charge in [0.25, 0.3) is 0 Å². The Balaban J connectivity index is 0.00000192. The normalized spacial score (nSPS) is 20.1. The number of hydrogen-bond acceptors (Lipinski definition) is 3. The lowest BCUT2D eigenvalue weighted by atomic mass is 9.90. The first-order valence-electron chi connectivity index (χ1n) is 7.31. The Morgan fingerprint density at radius 2 is 2.22 bits per heavy atom. The van der Waals surface area contributed by atoms with Gasteiger partial charge in [-0.05, 0) is 30.2 Å². The Bertz CT molecular complexity index is 703. The first-order valence-corrected chi connectivity index (χ1v) is 8.11. The van der Waals surface area contributed by atoms with Crippen molar-refractivity contribution in [2.45, 2.75) is 12.8 Å². The van der Waals surface area contributed by atoms with Gasteiger partial charge in [0.1, 0.15) is 0 Å². The first-order chi connectivity index (χ1) is 10.6. The van der Waals surface area contributed by atoms with Gasteiger partial charge in [-0.15, -0.1) is 12.4 Å². The van der Waals surface area contributed by atoms with Crippen LogP contribution in [-0.4, -0.2) is 28.8 Å². The monoisotopic (exact) mass is 398 g/mol. The van der Waals surface area contributed by atoms with Gasteiger partial charge in [0, 0.05) is 42.4 Å². The van der Waals surface area contributed by atoms with Gasteiger partial charge in [-0.2, -0.15) is 5.10 Å². The first kappa shape index (κ1) is 18.0. The van der Waals surface area contributed by atoms with Crippen molar-refractivity contribution in [1.29, 1.82) is 0 Å². The molecule has 2 atom stereocenters. The quantitative estimate of drug-likeness (QED) is 0.834. The van der Waals surface area contributed by atoms with Gasteiger partial charge in [0.15, 0.2) is 0 Å². The van der Waals surface area contributed by atoms with Crippen molar-refractivity contribution in [2.75, 3.05) is 18.4 Å². The van der Waals surface area contributed by atoms with Crippen molar-refractivity contribution in [1.82, 2.24) is 15.1 Å². The molecule has 0 saturated carbocycles. The van der Waals surface area contributed by atoms with E-state index in [9.17, 15) is 4.79 Å². The number of carbonyl (C=O) groups is 1. The lowest BCUT2D eigenvalue weighted by molar-refractivity contribution is -0.119. The minimum Gasteiger partial charge on any atom is -0.326 e. The zero-order valence-electron chi connectivity index (χ0n) is 13.0. The Morgan fingerprint density at radius 1 is 1.43 bits per heavy atom. The Labute approximate surface area is 150 Å². The average molecular weight is 400 g/mol. The highest BCUT2D eigenvalue weighted by Gasteiger charge is 2.34. The molecule has 2 aromatic rings. The van der Waals surface area contributed by atoms with Crippen LogP contribution in [0.15, 0.2) is 35.1 Å². The number of aromatic nitrogens is 2. The molecule has 0 radical (unpaired) electrons. The fourth-order valence-corrected chi connectivity index (χ4v) is 3.27. The van der Waals surface area contributed by atoms with Gasteiger partial charge in [-0.3, -0.25) is 9.48 Å². The summed E-state index contributed by atoms with van der Waals surface area (Å²) in [6, 6.07) is 5.83. The molecule has 0 aliphatic carbocycles. The third-order valence-electron chi connectivity index (χ3n) is 4.23. The number of rotatable bonds is 3. The largest absolute Gasteiger partial charge is 0.326 e. The number of anilines is 1. The summed E-state index contributed by atoms with van der Waals surface area (Å²) in [4.78, 5) is 12.7. The molecule has 0 spiro atoms. The van der Waals surface area contributed by atoms with E-state index in [0.29, 0.717) is 6.54 Å². The molecule has 0 bridgehead atoms. The molecular weight excluding hydrogens is 380 g/mol. The third-order valence-corrected chi connectivity index (χ3v) is 5.09. The maximum Gasteiger partial charge on any atom is 0.229 e. The van der Waals surface area contributed by atoms with Crippen molar-refractivity contribution >= 4 is 39.9 Å². The molecule has 23 heavy (non-hydrogen) atoms. The van der Waals surface area contributed by atoms with E-state index < -0.39 is 0 Å². The highest BCUT2D eigenvalue weighted by Crippen LogP contribution is 2.30. The summed E-state index contributed by atoms with van der Waals surface area (Å²) in [6.45, 7) is 3.49. The topological polar surface area (TPSA) is 59.0 Å². The van der Waals surface area contributed by atoms with Crippen LogP contribution in [0.2, 0.25) is 0 Å². The number of aryl methyl sites for hydroxylation is 1. The second-order valence-corrected chi connectivity index (χ2v) is 6.57. The molecule has 1 aliphatic rings. The van der Waals surface area contributed by atoms with Gasteiger partial charge >= 0.3 is 0 Å². The summed E-state index contributed by atoms with van der Waals surface area (Å²) in [7, 11) is 1.89. The van der Waals surface area contributed by atoms with E-state index in [0.717, 1.165) is 27.8 Å². The van der Waals surface area contributed by atoms with E-state index in [-0.39, 0.29) is 30.2 Å². The predicted octanol–water partition coefficient (Wildman–Crippen LogP) is 2.85. The van der Waals surface area contributed by atoms with Crippen LogP contribution < -0.4 is 10.6 Å². The standard InChI is InChI=1S/C16H19BrN4O.ClH/c1-10-14(17)4-3-5-15(10)20-16(22)13-8-18-7-12(13)11-6-19-21(2)9-11;/h3-6,9,12-13,18H,7-8H2,1-2H3,(H,20,22);1H/t12-,13+;/m1./s1. The predicted molar refractivity (Wildman–Crippen MR) is 97.1 cm³/mol. The number of amides is 1. The fraction of sp³-hybridized carbons (Fsp3) is 0.375. The van der Waals surface area contributed by atoms with E-state index in [1.54, 1.807) is 4.68 Å². The summed E-state index contributed by atoms with van der Waals surface area (Å²) in [6.07, 6.45) is 3.84. The molecule has 3 rings (SSSR count). The van der Waals surface area contributed by atoms with Gasteiger partial charge < -0.3 is 10.6 Å². The summed E-state index contributed by atoms with van der Waals surface area (Å²) in [5, 5.41) is 10.6. The number of nitrogens with one attached hydrogen (secondary N) is 2. The van der Waals surface area contributed by atoms with E-state index >= 15 is 0 Å². The Morgan fingerprint density at radius 3 is 2.91 bits per heavy atom. The van der Waals surface area contributed by atoms with Gasteiger partial charge in [-0.25, -0.2) is 0 Å². The summed E-state index contributed by atoms with van der Waals surface area (Å²) in [5.74, 6) is 0.142. The zero-order valence-corrected chi connectivity index (χ0v) is 15.4. The molecule has 1 fully saturated rings. The van der Waals surface area contributed by atoms with E-state index in [1.807, 2.05) is 44.6 Å². The van der Waals surface area contributed by atoms with Crippen LogP contribution in [0.25, 0.3) is 0 Å². The van der Waals surface area contributed by atoms with Crippen molar-refractivity contribution < 1.29 is 4.79 Å². The minimum absolute atomic E-state index is 0. The number of halogens is 2. The number of nitrogens with zero attached hydrogens (tertiary/aromatic N) is 2. The SMILES string of the molecule is Cc1c(Br)cccc1NC(=O)[C@H]1CNC[C@@H]1c1cnn(C)c1.Cl. The summed E-state index contributed by atoms with van der Waals surface area (Å²) < 4.78 is 2.78. The van der Waals surface area contributed by atoms with Crippen LogP contribution in [0.3, 0.4) is 0 Å². The molecule has 1 saturated heterocycles. The van der Waals surface area contributed by atoms with Crippen molar-refractivity contribution in [3.63, 3.8) is 0 Å². The Kier molecular flexibility index (Phi) is 5.84. The maximum absolute atomic E-state index is 12.7. The minimum atomic E-state index is -0.0809. The molecule has 0 unspecified atom stereocenters. The van der Waals surface area contributed by atoms with Crippen LogP contribution in [0.5, 0.6) is 0 Å². The van der Waals surface area contributed by atoms with Gasteiger partial charge in [0.2, 0.25) is 5.91 Å². The molecule has 2 N–H and O–H groups in total. The lowest BCUT2D eigenvalue weighted by Crippen LogP contribution is -2.28. The van der Waals surface area contributed by atoms with Gasteiger partial charge in [0.05, 0.1) is 12.1 Å². The molecule has 1 aromatic heterocycles. The second-order valence-electron chi connectivity index (χ2n) is 5.72. The molecule has 7 heteroatoms. The molecule has 124 valence electrons. The molecule has 1 aromatic carbocycles. The van der Waals surface area contributed by atoms with E-state index in [2.05, 4.69) is 31.7 Å². The zero-order chi connectivity index (χ0) is 15.7. The summed E-state index contributed by atoms with van der Waals surface area (Å²) in [5.41, 5.74) is 3.01. The molecule has 2 heterocycles. The van der Waals surface area contributed by atoms with Crippen molar-refractivity contribution in [3.05, 3.63) is 46.2 Å². The van der Waals surface area contributed by atoms with E-state index in [4.69, 9.17) is 0 Å². The number of benzene rings is 1. The van der Waals surface area contributed by atoms with Crippen LogP contribution >= 0.6 is 28.3 Å². The highest BCUT2D eigenvalue weighted by atomic mass is 79.9. The summed E-state index contributed by atoms with van der Waals surface area (Å²) >= 11 is 3.50. The smallest absolute Gasteiger partial charge is 0.229 e. The van der Waals surface area contributed by atoms with Gasteiger partial charge in [-0.1, -0.05) is 22.0 Å². The molecule has 1 amide bonds. The van der Waals surface area contributed by atoms with Crippen LogP contribution in [0.4, 0.5) is 5.69 Å². The number of carbonyl (C=O) groups excluding carboxylic acids is 1. The Hall–Kier alpha value is -1.37.